The van der Waals surface area contributed by atoms with Gasteiger partial charge in [-0.3, -0.25) is 4.79 Å². The van der Waals surface area contributed by atoms with Crippen molar-refractivity contribution in [3.63, 3.8) is 0 Å². The summed E-state index contributed by atoms with van der Waals surface area (Å²) in [6.07, 6.45) is 17.0. The van der Waals surface area contributed by atoms with Crippen molar-refractivity contribution in [1.29, 1.82) is 0 Å². The van der Waals surface area contributed by atoms with Crippen molar-refractivity contribution < 1.29 is 9.53 Å². The zero-order valence-electron chi connectivity index (χ0n) is 11.0. The summed E-state index contributed by atoms with van der Waals surface area (Å²) >= 11 is 0. The summed E-state index contributed by atoms with van der Waals surface area (Å²) in [5.74, 6) is -0.00279. The van der Waals surface area contributed by atoms with Crippen molar-refractivity contribution in [2.75, 3.05) is 6.61 Å². The molecule has 2 nitrogen and oxygen atoms in total. The van der Waals surface area contributed by atoms with Crippen LogP contribution in [0.3, 0.4) is 0 Å². The van der Waals surface area contributed by atoms with E-state index in [1.807, 2.05) is 0 Å². The Bertz CT molecular complexity index is 221. The lowest BCUT2D eigenvalue weighted by atomic mass is 10.1. The molecule has 1 aliphatic rings. The maximum absolute atomic E-state index is 11.3. The lowest BCUT2D eigenvalue weighted by Gasteiger charge is -2.05. The second-order valence-corrected chi connectivity index (χ2v) is 4.85. The number of hydrogen-bond donors (Lipinski definition) is 0. The predicted molar refractivity (Wildman–Crippen MR) is 70.9 cm³/mol. The predicted octanol–water partition coefficient (Wildman–Crippen LogP) is 4.39. The molecule has 0 N–H and O–H groups in total. The van der Waals surface area contributed by atoms with Crippen LogP contribution in [0.5, 0.6) is 0 Å². The molecule has 0 fully saturated rings. The summed E-state index contributed by atoms with van der Waals surface area (Å²) in [6, 6.07) is 0. The third-order valence-corrected chi connectivity index (χ3v) is 3.20. The number of ether oxygens (including phenoxy) is 1. The van der Waals surface area contributed by atoms with Gasteiger partial charge in [-0.15, -0.1) is 0 Å². The molecule has 1 heterocycles. The fourth-order valence-electron chi connectivity index (χ4n) is 2.10. The van der Waals surface area contributed by atoms with Gasteiger partial charge in [-0.2, -0.15) is 0 Å². The van der Waals surface area contributed by atoms with E-state index in [9.17, 15) is 4.79 Å². The van der Waals surface area contributed by atoms with Crippen LogP contribution in [0.2, 0.25) is 0 Å². The zero-order chi connectivity index (χ0) is 12.2. The van der Waals surface area contributed by atoms with E-state index in [1.54, 1.807) is 0 Å². The van der Waals surface area contributed by atoms with Crippen LogP contribution in [-0.4, -0.2) is 12.6 Å². The minimum Gasteiger partial charge on any atom is -0.466 e. The van der Waals surface area contributed by atoms with Gasteiger partial charge in [0.15, 0.2) is 0 Å². The topological polar surface area (TPSA) is 26.3 Å². The molecular formula is C15H26O2. The van der Waals surface area contributed by atoms with Crippen molar-refractivity contribution in [2.45, 2.75) is 70.6 Å². The van der Waals surface area contributed by atoms with Crippen molar-refractivity contribution in [3.05, 3.63) is 12.2 Å². The molecule has 0 atom stereocenters. The number of allylic oxidation sites excluding steroid dienone is 2. The van der Waals surface area contributed by atoms with Crippen molar-refractivity contribution in [3.8, 4) is 0 Å². The van der Waals surface area contributed by atoms with Crippen molar-refractivity contribution in [2.24, 2.45) is 0 Å². The molecule has 0 aliphatic carbocycles. The minimum atomic E-state index is -0.00279. The highest BCUT2D eigenvalue weighted by atomic mass is 16.5. The molecule has 0 bridgehead atoms. The first-order valence-corrected chi connectivity index (χ1v) is 7.20. The maximum atomic E-state index is 11.3. The Kier molecular flexibility index (Phi) is 8.71. The van der Waals surface area contributed by atoms with Gasteiger partial charge in [0.25, 0.3) is 0 Å². The first kappa shape index (κ1) is 14.3. The van der Waals surface area contributed by atoms with Crippen LogP contribution in [0.4, 0.5) is 0 Å². The summed E-state index contributed by atoms with van der Waals surface area (Å²) in [6.45, 7) is 0.620. The van der Waals surface area contributed by atoms with Crippen LogP contribution < -0.4 is 0 Å². The molecule has 0 unspecified atom stereocenters. The molecule has 0 aromatic carbocycles. The standard InChI is InChI=1S/C15H26O2/c16-15-13-11-9-7-5-3-1-2-4-6-8-10-12-14-17-15/h1-2H,3-14H2/b2-1-. The fraction of sp³-hybridized carbons (Fsp3) is 0.800. The van der Waals surface area contributed by atoms with Crippen LogP contribution in [0, 0.1) is 0 Å². The Morgan fingerprint density at radius 3 is 2.06 bits per heavy atom. The van der Waals surface area contributed by atoms with Crippen LogP contribution in [0.1, 0.15) is 70.6 Å². The Morgan fingerprint density at radius 1 is 0.765 bits per heavy atom. The summed E-state index contributed by atoms with van der Waals surface area (Å²) in [4.78, 5) is 11.3. The molecule has 17 heavy (non-hydrogen) atoms. The third kappa shape index (κ3) is 8.96. The molecule has 0 radical (unpaired) electrons. The van der Waals surface area contributed by atoms with Crippen LogP contribution in [0.25, 0.3) is 0 Å². The van der Waals surface area contributed by atoms with Gasteiger partial charge in [0.05, 0.1) is 6.61 Å². The van der Waals surface area contributed by atoms with E-state index in [0.29, 0.717) is 13.0 Å². The monoisotopic (exact) mass is 238 g/mol. The first-order valence-electron chi connectivity index (χ1n) is 7.20. The minimum absolute atomic E-state index is 0.00279. The Hall–Kier alpha value is -0.790. The van der Waals surface area contributed by atoms with E-state index in [0.717, 1.165) is 19.3 Å². The van der Waals surface area contributed by atoms with Gasteiger partial charge in [0.1, 0.15) is 0 Å². The van der Waals surface area contributed by atoms with E-state index in [2.05, 4.69) is 12.2 Å². The SMILES string of the molecule is O=C1CCCCCC/C=C\CCCCCCO1. The van der Waals surface area contributed by atoms with E-state index in [4.69, 9.17) is 4.74 Å². The number of carbonyl (C=O) groups is 1. The van der Waals surface area contributed by atoms with Crippen molar-refractivity contribution >= 4 is 5.97 Å². The summed E-state index contributed by atoms with van der Waals surface area (Å²) in [5, 5.41) is 0. The largest absolute Gasteiger partial charge is 0.466 e. The van der Waals surface area contributed by atoms with E-state index < -0.39 is 0 Å². The summed E-state index contributed by atoms with van der Waals surface area (Å²) in [7, 11) is 0. The lowest BCUT2D eigenvalue weighted by Crippen LogP contribution is -2.05. The number of esters is 1. The van der Waals surface area contributed by atoms with Gasteiger partial charge in [0, 0.05) is 6.42 Å². The molecule has 0 aromatic rings. The molecule has 98 valence electrons. The van der Waals surface area contributed by atoms with Crippen LogP contribution in [0.15, 0.2) is 12.2 Å². The molecule has 1 rings (SSSR count). The Morgan fingerprint density at radius 2 is 1.35 bits per heavy atom. The second-order valence-electron chi connectivity index (χ2n) is 4.85. The number of carbonyl (C=O) groups excluding carboxylic acids is 1. The van der Waals surface area contributed by atoms with Gasteiger partial charge < -0.3 is 4.74 Å². The van der Waals surface area contributed by atoms with E-state index in [-0.39, 0.29) is 5.97 Å². The summed E-state index contributed by atoms with van der Waals surface area (Å²) < 4.78 is 5.19. The molecule has 1 aliphatic heterocycles. The smallest absolute Gasteiger partial charge is 0.305 e. The van der Waals surface area contributed by atoms with Crippen LogP contribution >= 0.6 is 0 Å². The third-order valence-electron chi connectivity index (χ3n) is 3.20. The molecular weight excluding hydrogens is 212 g/mol. The normalized spacial score (nSPS) is 23.9. The van der Waals surface area contributed by atoms with Gasteiger partial charge in [-0.25, -0.2) is 0 Å². The van der Waals surface area contributed by atoms with Crippen LogP contribution in [-0.2, 0) is 9.53 Å². The molecule has 0 saturated heterocycles. The number of rotatable bonds is 0. The Labute approximate surface area is 105 Å². The number of hydrogen-bond acceptors (Lipinski definition) is 2. The highest BCUT2D eigenvalue weighted by Gasteiger charge is 2.02. The molecule has 0 saturated carbocycles. The molecule has 0 amide bonds. The number of cyclic esters (lactones) is 1. The molecule has 0 spiro atoms. The molecule has 2 heteroatoms. The fourth-order valence-corrected chi connectivity index (χ4v) is 2.10. The highest BCUT2D eigenvalue weighted by Crippen LogP contribution is 2.09. The maximum Gasteiger partial charge on any atom is 0.305 e. The van der Waals surface area contributed by atoms with Gasteiger partial charge >= 0.3 is 5.97 Å². The van der Waals surface area contributed by atoms with E-state index in [1.165, 1.54) is 44.9 Å². The average molecular weight is 238 g/mol. The second kappa shape index (κ2) is 10.4. The zero-order valence-corrected chi connectivity index (χ0v) is 11.0. The summed E-state index contributed by atoms with van der Waals surface area (Å²) in [5.41, 5.74) is 0. The van der Waals surface area contributed by atoms with E-state index >= 15 is 0 Å². The Balaban J connectivity index is 2.18. The first-order chi connectivity index (χ1) is 8.39. The van der Waals surface area contributed by atoms with Gasteiger partial charge in [-0.05, 0) is 38.5 Å². The average Bonchev–Trinajstić information content (AvgIpc) is 2.32. The van der Waals surface area contributed by atoms with Gasteiger partial charge in [-0.1, -0.05) is 37.8 Å². The van der Waals surface area contributed by atoms with Crippen molar-refractivity contribution in [1.82, 2.24) is 0 Å². The van der Waals surface area contributed by atoms with Gasteiger partial charge in [0.2, 0.25) is 0 Å². The lowest BCUT2D eigenvalue weighted by molar-refractivity contribution is -0.143. The highest BCUT2D eigenvalue weighted by molar-refractivity contribution is 5.69. The quantitative estimate of drug-likeness (QED) is 0.462. The molecule has 0 aromatic heterocycles.